The maximum Gasteiger partial charge on any atom is 0.253 e. The Kier molecular flexibility index (Phi) is 4.04. The fraction of sp³-hybridized carbons (Fsp3) is 0.294. The molecule has 22 heavy (non-hydrogen) atoms. The number of ketones is 1. The van der Waals surface area contributed by atoms with Crippen LogP contribution in [0, 0.1) is 11.7 Å². The molecule has 0 bridgehead atoms. The van der Waals surface area contributed by atoms with Crippen LogP contribution in [0.1, 0.15) is 33.8 Å². The first-order chi connectivity index (χ1) is 10.6. The average molecular weight is 301 g/mol. The van der Waals surface area contributed by atoms with Gasteiger partial charge in [0.25, 0.3) is 5.91 Å². The molecular weight excluding hydrogens is 285 g/mol. The normalized spacial score (nSPS) is 18.2. The van der Waals surface area contributed by atoms with Gasteiger partial charge in [0.15, 0.2) is 5.76 Å². The lowest BCUT2D eigenvalue weighted by Crippen LogP contribution is -2.42. The van der Waals surface area contributed by atoms with Crippen LogP contribution in [0.5, 0.6) is 0 Å². The topological polar surface area (TPSA) is 50.5 Å². The second-order valence-corrected chi connectivity index (χ2v) is 5.44. The summed E-state index contributed by atoms with van der Waals surface area (Å²) in [5, 5.41) is 0. The summed E-state index contributed by atoms with van der Waals surface area (Å²) in [4.78, 5) is 26.4. The molecule has 5 heteroatoms. The lowest BCUT2D eigenvalue weighted by molar-refractivity contribution is 0.0628. The van der Waals surface area contributed by atoms with Crippen molar-refractivity contribution in [3.05, 3.63) is 59.8 Å². The average Bonchev–Trinajstić information content (AvgIpc) is 3.09. The van der Waals surface area contributed by atoms with Crippen molar-refractivity contribution in [1.29, 1.82) is 0 Å². The molecule has 1 saturated heterocycles. The Labute approximate surface area is 127 Å². The van der Waals surface area contributed by atoms with Crippen molar-refractivity contribution < 1.29 is 18.4 Å². The smallest absolute Gasteiger partial charge is 0.253 e. The zero-order valence-electron chi connectivity index (χ0n) is 12.0. The van der Waals surface area contributed by atoms with Crippen LogP contribution in [0.2, 0.25) is 0 Å². The highest BCUT2D eigenvalue weighted by atomic mass is 19.1. The number of carbonyl (C=O) groups excluding carboxylic acids is 2. The van der Waals surface area contributed by atoms with Crippen molar-refractivity contribution >= 4 is 11.7 Å². The van der Waals surface area contributed by atoms with Crippen LogP contribution in [0.3, 0.4) is 0 Å². The van der Waals surface area contributed by atoms with E-state index < -0.39 is 0 Å². The van der Waals surface area contributed by atoms with E-state index in [9.17, 15) is 14.0 Å². The number of piperidine rings is 1. The lowest BCUT2D eigenvalue weighted by Gasteiger charge is -2.31. The summed E-state index contributed by atoms with van der Waals surface area (Å²) in [6.07, 6.45) is 2.98. The predicted octanol–water partition coefficient (Wildman–Crippen LogP) is 3.15. The predicted molar refractivity (Wildman–Crippen MR) is 78.1 cm³/mol. The number of nitrogens with zero attached hydrogens (tertiary/aromatic N) is 1. The Morgan fingerprint density at radius 3 is 2.64 bits per heavy atom. The number of furan rings is 1. The van der Waals surface area contributed by atoms with Crippen LogP contribution in [-0.2, 0) is 0 Å². The van der Waals surface area contributed by atoms with E-state index in [0.717, 1.165) is 12.8 Å². The van der Waals surface area contributed by atoms with E-state index in [1.165, 1.54) is 30.5 Å². The first kappa shape index (κ1) is 14.5. The Hall–Kier alpha value is -2.43. The Morgan fingerprint density at radius 1 is 1.18 bits per heavy atom. The second kappa shape index (κ2) is 6.13. The van der Waals surface area contributed by atoms with E-state index in [4.69, 9.17) is 4.42 Å². The van der Waals surface area contributed by atoms with Crippen molar-refractivity contribution in [2.45, 2.75) is 12.8 Å². The van der Waals surface area contributed by atoms with Gasteiger partial charge in [-0.05, 0) is 49.2 Å². The summed E-state index contributed by atoms with van der Waals surface area (Å²) in [6.45, 7) is 0.980. The standard InChI is InChI=1S/C17H16FNO3/c18-14-7-5-12(6-8-14)17(21)19-9-1-3-13(11-19)16(20)15-4-2-10-22-15/h2,4-8,10,13H,1,3,9,11H2. The summed E-state index contributed by atoms with van der Waals surface area (Å²) in [6, 6.07) is 8.79. The quantitative estimate of drug-likeness (QED) is 0.818. The molecule has 4 nitrogen and oxygen atoms in total. The molecule has 1 aromatic heterocycles. The molecule has 114 valence electrons. The van der Waals surface area contributed by atoms with Crippen molar-refractivity contribution in [2.24, 2.45) is 5.92 Å². The highest BCUT2D eigenvalue weighted by molar-refractivity contribution is 5.97. The molecule has 2 aromatic rings. The van der Waals surface area contributed by atoms with Gasteiger partial charge < -0.3 is 9.32 Å². The summed E-state index contributed by atoms with van der Waals surface area (Å²) in [5.41, 5.74) is 0.437. The number of hydrogen-bond acceptors (Lipinski definition) is 3. The van der Waals surface area contributed by atoms with E-state index in [2.05, 4.69) is 0 Å². The highest BCUT2D eigenvalue weighted by Crippen LogP contribution is 2.22. The molecule has 0 spiro atoms. The zero-order chi connectivity index (χ0) is 15.5. The first-order valence-electron chi connectivity index (χ1n) is 7.27. The maximum atomic E-state index is 12.9. The van der Waals surface area contributed by atoms with E-state index in [1.807, 2.05) is 0 Å². The van der Waals surface area contributed by atoms with Gasteiger partial charge in [0.1, 0.15) is 5.82 Å². The number of rotatable bonds is 3. The molecule has 3 rings (SSSR count). The lowest BCUT2D eigenvalue weighted by atomic mass is 9.92. The van der Waals surface area contributed by atoms with Crippen LogP contribution in [0.4, 0.5) is 4.39 Å². The summed E-state index contributed by atoms with van der Waals surface area (Å²) in [5.74, 6) is -0.523. The third kappa shape index (κ3) is 2.93. The van der Waals surface area contributed by atoms with Gasteiger partial charge in [0.05, 0.1) is 6.26 Å². The number of likely N-dealkylation sites (tertiary alicyclic amines) is 1. The Morgan fingerprint density at radius 2 is 1.95 bits per heavy atom. The first-order valence-corrected chi connectivity index (χ1v) is 7.27. The third-order valence-corrected chi connectivity index (χ3v) is 3.93. The van der Waals surface area contributed by atoms with Gasteiger partial charge in [0.2, 0.25) is 5.78 Å². The van der Waals surface area contributed by atoms with Crippen LogP contribution in [0.25, 0.3) is 0 Å². The Bertz CT molecular complexity index is 664. The molecule has 1 atom stereocenters. The van der Waals surface area contributed by atoms with Gasteiger partial charge in [-0.25, -0.2) is 4.39 Å². The summed E-state index contributed by atoms with van der Waals surface area (Å²) >= 11 is 0. The van der Waals surface area contributed by atoms with Gasteiger partial charge in [-0.15, -0.1) is 0 Å². The molecule has 1 unspecified atom stereocenters. The largest absolute Gasteiger partial charge is 0.461 e. The molecule has 0 saturated carbocycles. The number of Topliss-reactive ketones (excluding diaryl/α,β-unsaturated/α-hetero) is 1. The minimum absolute atomic E-state index is 0.0680. The molecule has 1 aromatic carbocycles. The number of amides is 1. The molecule has 0 radical (unpaired) electrons. The molecular formula is C17H16FNO3. The fourth-order valence-electron chi connectivity index (χ4n) is 2.77. The maximum absolute atomic E-state index is 12.9. The van der Waals surface area contributed by atoms with Gasteiger partial charge in [-0.2, -0.15) is 0 Å². The van der Waals surface area contributed by atoms with Crippen molar-refractivity contribution in [2.75, 3.05) is 13.1 Å². The van der Waals surface area contributed by atoms with Gasteiger partial charge in [-0.3, -0.25) is 9.59 Å². The number of benzene rings is 1. The molecule has 0 N–H and O–H groups in total. The molecule has 1 aliphatic rings. The third-order valence-electron chi connectivity index (χ3n) is 3.93. The number of hydrogen-bond donors (Lipinski definition) is 0. The van der Waals surface area contributed by atoms with E-state index in [0.29, 0.717) is 24.4 Å². The minimum Gasteiger partial charge on any atom is -0.461 e. The van der Waals surface area contributed by atoms with Gasteiger partial charge >= 0.3 is 0 Å². The van der Waals surface area contributed by atoms with E-state index >= 15 is 0 Å². The number of carbonyl (C=O) groups is 2. The van der Waals surface area contributed by atoms with Crippen LogP contribution in [0.15, 0.2) is 47.1 Å². The second-order valence-electron chi connectivity index (χ2n) is 5.44. The Balaban J connectivity index is 1.71. The minimum atomic E-state index is -0.374. The highest BCUT2D eigenvalue weighted by Gasteiger charge is 2.30. The van der Waals surface area contributed by atoms with E-state index in [1.54, 1.807) is 17.0 Å². The summed E-state index contributed by atoms with van der Waals surface area (Å²) in [7, 11) is 0. The van der Waals surface area contributed by atoms with Crippen LogP contribution >= 0.6 is 0 Å². The monoisotopic (exact) mass is 301 g/mol. The zero-order valence-corrected chi connectivity index (χ0v) is 12.0. The van der Waals surface area contributed by atoms with Gasteiger partial charge in [-0.1, -0.05) is 0 Å². The van der Waals surface area contributed by atoms with Crippen LogP contribution < -0.4 is 0 Å². The fourth-order valence-corrected chi connectivity index (χ4v) is 2.77. The van der Waals surface area contributed by atoms with Crippen LogP contribution in [-0.4, -0.2) is 29.7 Å². The van der Waals surface area contributed by atoms with Crippen molar-refractivity contribution in [3.8, 4) is 0 Å². The molecule has 1 fully saturated rings. The SMILES string of the molecule is O=C(c1ccco1)C1CCCN(C(=O)c2ccc(F)cc2)C1. The van der Waals surface area contributed by atoms with Crippen molar-refractivity contribution in [3.63, 3.8) is 0 Å². The van der Waals surface area contributed by atoms with Gasteiger partial charge in [0, 0.05) is 24.6 Å². The van der Waals surface area contributed by atoms with Crippen molar-refractivity contribution in [1.82, 2.24) is 4.90 Å². The van der Waals surface area contributed by atoms with E-state index in [-0.39, 0.29) is 23.4 Å². The molecule has 2 heterocycles. The summed E-state index contributed by atoms with van der Waals surface area (Å²) < 4.78 is 18.1. The number of halogens is 1. The molecule has 0 aliphatic carbocycles. The molecule has 1 aliphatic heterocycles. The molecule has 1 amide bonds.